The Balaban J connectivity index is 2.97. The summed E-state index contributed by atoms with van der Waals surface area (Å²) >= 11 is 5.86. The largest absolute Gasteiger partial charge is 0.347 e. The van der Waals surface area contributed by atoms with E-state index in [9.17, 15) is 4.79 Å². The van der Waals surface area contributed by atoms with E-state index in [0.717, 1.165) is 0 Å². The first kappa shape index (κ1) is 12.6. The van der Waals surface area contributed by atoms with E-state index in [0.29, 0.717) is 12.4 Å². The van der Waals surface area contributed by atoms with Crippen LogP contribution in [0.4, 0.5) is 0 Å². The minimum Gasteiger partial charge on any atom is -0.347 e. The van der Waals surface area contributed by atoms with Crippen molar-refractivity contribution in [2.45, 2.75) is 19.8 Å². The highest BCUT2D eigenvalue weighted by Gasteiger charge is 2.14. The monoisotopic (exact) mass is 239 g/mol. The molecule has 4 nitrogen and oxygen atoms in total. The van der Waals surface area contributed by atoms with E-state index in [1.807, 2.05) is 13.8 Å². The number of rotatable bonds is 4. The summed E-state index contributed by atoms with van der Waals surface area (Å²) in [4.78, 5) is 19.9. The van der Waals surface area contributed by atoms with E-state index in [4.69, 9.17) is 11.6 Å². The SMILES string of the molecule is C=CCNC(=O)c1nc(C(C)C)ncc1Cl. The van der Waals surface area contributed by atoms with Gasteiger partial charge in [-0.25, -0.2) is 9.97 Å². The molecular weight excluding hydrogens is 226 g/mol. The Labute approximate surface area is 99.8 Å². The molecule has 0 fully saturated rings. The number of aromatic nitrogens is 2. The Morgan fingerprint density at radius 1 is 1.69 bits per heavy atom. The molecule has 0 saturated carbocycles. The Morgan fingerprint density at radius 3 is 2.94 bits per heavy atom. The Kier molecular flexibility index (Phi) is 4.43. The van der Waals surface area contributed by atoms with Crippen molar-refractivity contribution in [3.8, 4) is 0 Å². The van der Waals surface area contributed by atoms with Crippen LogP contribution in [0.25, 0.3) is 0 Å². The maximum absolute atomic E-state index is 11.7. The second-order valence-electron chi connectivity index (χ2n) is 3.58. The molecule has 5 heteroatoms. The van der Waals surface area contributed by atoms with Crippen LogP contribution in [0.1, 0.15) is 36.1 Å². The van der Waals surface area contributed by atoms with Crippen molar-refractivity contribution in [3.63, 3.8) is 0 Å². The van der Waals surface area contributed by atoms with Crippen molar-refractivity contribution in [3.05, 3.63) is 35.4 Å². The van der Waals surface area contributed by atoms with Crippen LogP contribution >= 0.6 is 11.6 Å². The van der Waals surface area contributed by atoms with Crippen LogP contribution in [-0.4, -0.2) is 22.4 Å². The van der Waals surface area contributed by atoms with Gasteiger partial charge in [-0.3, -0.25) is 4.79 Å². The summed E-state index contributed by atoms with van der Waals surface area (Å²) in [6, 6.07) is 0. The van der Waals surface area contributed by atoms with E-state index in [1.165, 1.54) is 6.20 Å². The molecule has 0 bridgehead atoms. The molecule has 0 aromatic carbocycles. The molecule has 0 aliphatic rings. The topological polar surface area (TPSA) is 54.9 Å². The molecule has 1 aromatic heterocycles. The third-order valence-electron chi connectivity index (χ3n) is 1.90. The summed E-state index contributed by atoms with van der Waals surface area (Å²) in [6.07, 6.45) is 3.04. The maximum Gasteiger partial charge on any atom is 0.271 e. The molecule has 16 heavy (non-hydrogen) atoms. The van der Waals surface area contributed by atoms with Gasteiger partial charge in [-0.05, 0) is 0 Å². The van der Waals surface area contributed by atoms with Gasteiger partial charge >= 0.3 is 0 Å². The number of hydrogen-bond acceptors (Lipinski definition) is 3. The molecule has 1 aromatic rings. The van der Waals surface area contributed by atoms with Crippen LogP contribution in [0.5, 0.6) is 0 Å². The lowest BCUT2D eigenvalue weighted by molar-refractivity contribution is 0.0952. The molecule has 1 N–H and O–H groups in total. The molecule has 1 amide bonds. The van der Waals surface area contributed by atoms with E-state index in [-0.39, 0.29) is 22.5 Å². The van der Waals surface area contributed by atoms with Crippen molar-refractivity contribution >= 4 is 17.5 Å². The summed E-state index contributed by atoms with van der Waals surface area (Å²) in [5.41, 5.74) is 0.210. The van der Waals surface area contributed by atoms with Gasteiger partial charge in [0.25, 0.3) is 5.91 Å². The van der Waals surface area contributed by atoms with Gasteiger partial charge in [0.2, 0.25) is 0 Å². The van der Waals surface area contributed by atoms with Crippen molar-refractivity contribution in [1.82, 2.24) is 15.3 Å². The quantitative estimate of drug-likeness (QED) is 0.820. The van der Waals surface area contributed by atoms with E-state index < -0.39 is 0 Å². The average Bonchev–Trinajstić information content (AvgIpc) is 2.26. The standard InChI is InChI=1S/C11H14ClN3O/c1-4-5-13-11(16)9-8(12)6-14-10(15-9)7(2)3/h4,6-7H,1,5H2,2-3H3,(H,13,16). The highest BCUT2D eigenvalue weighted by molar-refractivity contribution is 6.33. The first-order chi connectivity index (χ1) is 7.56. The minimum absolute atomic E-state index is 0.156. The molecule has 0 atom stereocenters. The Morgan fingerprint density at radius 2 is 2.38 bits per heavy atom. The zero-order chi connectivity index (χ0) is 12.1. The second kappa shape index (κ2) is 5.61. The molecule has 0 unspecified atom stereocenters. The number of carbonyl (C=O) groups is 1. The Bertz CT molecular complexity index is 404. The van der Waals surface area contributed by atoms with Gasteiger partial charge in [-0.2, -0.15) is 0 Å². The predicted octanol–water partition coefficient (Wildman–Crippen LogP) is 2.17. The van der Waals surface area contributed by atoms with Crippen LogP contribution in [0, 0.1) is 0 Å². The lowest BCUT2D eigenvalue weighted by atomic mass is 10.2. The van der Waals surface area contributed by atoms with E-state index in [2.05, 4.69) is 21.9 Å². The smallest absolute Gasteiger partial charge is 0.271 e. The summed E-state index contributed by atoms with van der Waals surface area (Å²) in [5.74, 6) is 0.450. The van der Waals surface area contributed by atoms with Crippen LogP contribution in [0.3, 0.4) is 0 Å². The van der Waals surface area contributed by atoms with Gasteiger partial charge < -0.3 is 5.32 Å². The number of halogens is 1. The van der Waals surface area contributed by atoms with Gasteiger partial charge in [0.15, 0.2) is 0 Å². The third-order valence-corrected chi connectivity index (χ3v) is 2.18. The van der Waals surface area contributed by atoms with Gasteiger partial charge in [-0.1, -0.05) is 31.5 Å². The summed E-state index contributed by atoms with van der Waals surface area (Å²) in [5, 5.41) is 2.88. The fraction of sp³-hybridized carbons (Fsp3) is 0.364. The van der Waals surface area contributed by atoms with Crippen molar-refractivity contribution in [1.29, 1.82) is 0 Å². The Hall–Kier alpha value is -1.42. The first-order valence-corrected chi connectivity index (χ1v) is 5.35. The zero-order valence-electron chi connectivity index (χ0n) is 9.33. The average molecular weight is 240 g/mol. The highest BCUT2D eigenvalue weighted by atomic mass is 35.5. The fourth-order valence-corrected chi connectivity index (χ4v) is 1.24. The van der Waals surface area contributed by atoms with Crippen molar-refractivity contribution in [2.24, 2.45) is 0 Å². The van der Waals surface area contributed by atoms with Crippen molar-refractivity contribution in [2.75, 3.05) is 6.54 Å². The second-order valence-corrected chi connectivity index (χ2v) is 3.99. The summed E-state index contributed by atoms with van der Waals surface area (Å²) in [7, 11) is 0. The van der Waals surface area contributed by atoms with E-state index >= 15 is 0 Å². The van der Waals surface area contributed by atoms with Crippen LogP contribution in [0.2, 0.25) is 5.02 Å². The number of nitrogens with one attached hydrogen (secondary N) is 1. The lowest BCUT2D eigenvalue weighted by Gasteiger charge is -2.07. The molecule has 0 spiro atoms. The lowest BCUT2D eigenvalue weighted by Crippen LogP contribution is -2.25. The molecule has 86 valence electrons. The van der Waals surface area contributed by atoms with Gasteiger partial charge in [-0.15, -0.1) is 6.58 Å². The molecule has 1 rings (SSSR count). The zero-order valence-corrected chi connectivity index (χ0v) is 10.1. The maximum atomic E-state index is 11.7. The van der Waals surface area contributed by atoms with E-state index in [1.54, 1.807) is 6.08 Å². The van der Waals surface area contributed by atoms with Gasteiger partial charge in [0.1, 0.15) is 11.5 Å². The third kappa shape index (κ3) is 3.03. The fourth-order valence-electron chi connectivity index (χ4n) is 1.07. The first-order valence-electron chi connectivity index (χ1n) is 4.97. The van der Waals surface area contributed by atoms with Crippen LogP contribution in [0.15, 0.2) is 18.9 Å². The molecule has 0 aliphatic heterocycles. The summed E-state index contributed by atoms with van der Waals surface area (Å²) in [6.45, 7) is 7.81. The molecule has 0 radical (unpaired) electrons. The molecule has 1 heterocycles. The molecule has 0 saturated heterocycles. The predicted molar refractivity (Wildman–Crippen MR) is 63.7 cm³/mol. The molecule has 0 aliphatic carbocycles. The number of hydrogen-bond donors (Lipinski definition) is 1. The van der Waals surface area contributed by atoms with Gasteiger partial charge in [0.05, 0.1) is 11.2 Å². The number of carbonyl (C=O) groups excluding carboxylic acids is 1. The van der Waals surface area contributed by atoms with Crippen LogP contribution in [-0.2, 0) is 0 Å². The normalized spacial score (nSPS) is 10.2. The number of nitrogens with zero attached hydrogens (tertiary/aromatic N) is 2. The number of amides is 1. The highest BCUT2D eigenvalue weighted by Crippen LogP contribution is 2.15. The van der Waals surface area contributed by atoms with Crippen LogP contribution < -0.4 is 5.32 Å². The van der Waals surface area contributed by atoms with Crippen molar-refractivity contribution < 1.29 is 4.79 Å². The van der Waals surface area contributed by atoms with Gasteiger partial charge in [0, 0.05) is 12.5 Å². The summed E-state index contributed by atoms with van der Waals surface area (Å²) < 4.78 is 0. The molecular formula is C11H14ClN3O. The minimum atomic E-state index is -0.311.